The third kappa shape index (κ3) is 3.23. The standard InChI is InChI=1S/C10H15N3O2/c1-8-4-2-3-5-9(8)12-10(15)13(11)6-7-14/h2-5,14H,6-7,11H2,1H3,(H,12,15). The van der Waals surface area contributed by atoms with Crippen molar-refractivity contribution in [1.82, 2.24) is 5.01 Å². The number of urea groups is 1. The van der Waals surface area contributed by atoms with E-state index in [1.165, 1.54) is 0 Å². The quantitative estimate of drug-likeness (QED) is 0.389. The Kier molecular flexibility index (Phi) is 4.08. The van der Waals surface area contributed by atoms with Gasteiger partial charge in [-0.3, -0.25) is 5.01 Å². The first-order valence-electron chi connectivity index (χ1n) is 4.65. The van der Waals surface area contributed by atoms with E-state index in [0.29, 0.717) is 0 Å². The number of rotatable bonds is 3. The Balaban J connectivity index is 2.62. The zero-order chi connectivity index (χ0) is 11.3. The summed E-state index contributed by atoms with van der Waals surface area (Å²) in [7, 11) is 0. The molecule has 5 heteroatoms. The molecule has 0 saturated heterocycles. The van der Waals surface area contributed by atoms with Gasteiger partial charge in [0.1, 0.15) is 0 Å². The maximum absolute atomic E-state index is 11.4. The molecule has 1 aromatic rings. The van der Waals surface area contributed by atoms with Crippen molar-refractivity contribution in [2.45, 2.75) is 6.92 Å². The Hall–Kier alpha value is -1.59. The zero-order valence-corrected chi connectivity index (χ0v) is 8.60. The number of benzene rings is 1. The van der Waals surface area contributed by atoms with Crippen LogP contribution < -0.4 is 11.2 Å². The van der Waals surface area contributed by atoms with Crippen LogP contribution in [0.1, 0.15) is 5.56 Å². The Morgan fingerprint density at radius 3 is 2.80 bits per heavy atom. The van der Waals surface area contributed by atoms with E-state index in [0.717, 1.165) is 16.3 Å². The highest BCUT2D eigenvalue weighted by atomic mass is 16.3. The SMILES string of the molecule is Cc1ccccc1NC(=O)N(N)CCO. The van der Waals surface area contributed by atoms with Crippen LogP contribution in [-0.2, 0) is 0 Å². The highest BCUT2D eigenvalue weighted by Gasteiger charge is 2.09. The summed E-state index contributed by atoms with van der Waals surface area (Å²) in [6.45, 7) is 1.85. The number of carbonyl (C=O) groups excluding carboxylic acids is 1. The van der Waals surface area contributed by atoms with Crippen molar-refractivity contribution in [3.8, 4) is 0 Å². The average molecular weight is 209 g/mol. The molecule has 2 amide bonds. The number of anilines is 1. The summed E-state index contributed by atoms with van der Waals surface area (Å²) in [5, 5.41) is 12.2. The van der Waals surface area contributed by atoms with Gasteiger partial charge in [0.25, 0.3) is 0 Å². The molecule has 0 saturated carbocycles. The van der Waals surface area contributed by atoms with Crippen molar-refractivity contribution >= 4 is 11.7 Å². The molecule has 15 heavy (non-hydrogen) atoms. The van der Waals surface area contributed by atoms with Crippen LogP contribution in [0.5, 0.6) is 0 Å². The summed E-state index contributed by atoms with van der Waals surface area (Å²) in [6, 6.07) is 6.97. The van der Waals surface area contributed by atoms with E-state index in [4.69, 9.17) is 10.9 Å². The van der Waals surface area contributed by atoms with E-state index >= 15 is 0 Å². The van der Waals surface area contributed by atoms with Gasteiger partial charge in [0.2, 0.25) is 0 Å². The molecule has 5 nitrogen and oxygen atoms in total. The smallest absolute Gasteiger partial charge is 0.336 e. The fraction of sp³-hybridized carbons (Fsp3) is 0.300. The maximum Gasteiger partial charge on any atom is 0.336 e. The van der Waals surface area contributed by atoms with Crippen molar-refractivity contribution in [3.63, 3.8) is 0 Å². The van der Waals surface area contributed by atoms with Gasteiger partial charge < -0.3 is 10.4 Å². The lowest BCUT2D eigenvalue weighted by molar-refractivity contribution is 0.190. The second-order valence-electron chi connectivity index (χ2n) is 3.16. The van der Waals surface area contributed by atoms with Gasteiger partial charge in [-0.2, -0.15) is 0 Å². The van der Waals surface area contributed by atoms with Crippen LogP contribution in [0.15, 0.2) is 24.3 Å². The molecule has 1 aromatic carbocycles. The number of nitrogens with zero attached hydrogens (tertiary/aromatic N) is 1. The van der Waals surface area contributed by atoms with Crippen LogP contribution in [0.4, 0.5) is 10.5 Å². The van der Waals surface area contributed by atoms with E-state index in [1.54, 1.807) is 6.07 Å². The third-order valence-corrected chi connectivity index (χ3v) is 1.99. The summed E-state index contributed by atoms with van der Waals surface area (Å²) in [6.07, 6.45) is 0. The molecule has 4 N–H and O–H groups in total. The Morgan fingerprint density at radius 2 is 2.20 bits per heavy atom. The molecule has 1 rings (SSSR count). The first-order chi connectivity index (χ1) is 7.15. The lowest BCUT2D eigenvalue weighted by Gasteiger charge is -2.16. The van der Waals surface area contributed by atoms with Gasteiger partial charge >= 0.3 is 6.03 Å². The molecule has 0 aromatic heterocycles. The second-order valence-corrected chi connectivity index (χ2v) is 3.16. The molecule has 0 aliphatic heterocycles. The summed E-state index contributed by atoms with van der Waals surface area (Å²) in [5.74, 6) is 5.39. The van der Waals surface area contributed by atoms with E-state index < -0.39 is 6.03 Å². The minimum atomic E-state index is -0.432. The second kappa shape index (κ2) is 5.33. The minimum absolute atomic E-state index is 0.109. The fourth-order valence-corrected chi connectivity index (χ4v) is 1.11. The normalized spacial score (nSPS) is 9.80. The van der Waals surface area contributed by atoms with Crippen LogP contribution in [0.3, 0.4) is 0 Å². The van der Waals surface area contributed by atoms with E-state index in [2.05, 4.69) is 5.32 Å². The molecule has 0 unspecified atom stereocenters. The largest absolute Gasteiger partial charge is 0.394 e. The number of carbonyl (C=O) groups is 1. The highest BCUT2D eigenvalue weighted by Crippen LogP contribution is 2.13. The van der Waals surface area contributed by atoms with Crippen LogP contribution >= 0.6 is 0 Å². The number of hydrazine groups is 1. The Bertz CT molecular complexity index is 341. The van der Waals surface area contributed by atoms with Gasteiger partial charge in [0.05, 0.1) is 13.2 Å². The maximum atomic E-state index is 11.4. The average Bonchev–Trinajstić information content (AvgIpc) is 2.21. The molecule has 0 spiro atoms. The molecular formula is C10H15N3O2. The lowest BCUT2D eigenvalue weighted by Crippen LogP contribution is -2.42. The van der Waals surface area contributed by atoms with Crippen molar-refractivity contribution < 1.29 is 9.90 Å². The monoisotopic (exact) mass is 209 g/mol. The molecule has 0 aliphatic carbocycles. The molecule has 0 bridgehead atoms. The van der Waals surface area contributed by atoms with Gasteiger partial charge in [0, 0.05) is 5.69 Å². The molecule has 0 aliphatic rings. The number of aryl methyl sites for hydroxylation is 1. The number of nitrogens with two attached hydrogens (primary N) is 1. The number of amides is 2. The molecular weight excluding hydrogens is 194 g/mol. The van der Waals surface area contributed by atoms with E-state index in [-0.39, 0.29) is 13.2 Å². The number of hydrogen-bond acceptors (Lipinski definition) is 3. The van der Waals surface area contributed by atoms with Crippen molar-refractivity contribution in [3.05, 3.63) is 29.8 Å². The molecule has 0 atom stereocenters. The van der Waals surface area contributed by atoms with Crippen molar-refractivity contribution in [1.29, 1.82) is 0 Å². The molecule has 0 fully saturated rings. The summed E-state index contributed by atoms with van der Waals surface area (Å²) >= 11 is 0. The van der Waals surface area contributed by atoms with Crippen molar-refractivity contribution in [2.24, 2.45) is 5.84 Å². The number of aliphatic hydroxyl groups excluding tert-OH is 1. The topological polar surface area (TPSA) is 78.6 Å². The predicted octanol–water partition coefficient (Wildman–Crippen LogP) is 0.695. The van der Waals surface area contributed by atoms with Crippen LogP contribution in [-0.4, -0.2) is 29.3 Å². The number of nitrogens with one attached hydrogen (secondary N) is 1. The van der Waals surface area contributed by atoms with Gasteiger partial charge in [-0.15, -0.1) is 0 Å². The lowest BCUT2D eigenvalue weighted by atomic mass is 10.2. The number of hydrogen-bond donors (Lipinski definition) is 3. The molecule has 82 valence electrons. The Morgan fingerprint density at radius 1 is 1.53 bits per heavy atom. The van der Waals surface area contributed by atoms with Crippen LogP contribution in [0.2, 0.25) is 0 Å². The van der Waals surface area contributed by atoms with Gasteiger partial charge in [-0.1, -0.05) is 18.2 Å². The zero-order valence-electron chi connectivity index (χ0n) is 8.60. The predicted molar refractivity (Wildman–Crippen MR) is 58.2 cm³/mol. The summed E-state index contributed by atoms with van der Waals surface area (Å²) < 4.78 is 0. The number of para-hydroxylation sites is 1. The minimum Gasteiger partial charge on any atom is -0.394 e. The third-order valence-electron chi connectivity index (χ3n) is 1.99. The van der Waals surface area contributed by atoms with Crippen LogP contribution in [0.25, 0.3) is 0 Å². The van der Waals surface area contributed by atoms with Gasteiger partial charge in [-0.25, -0.2) is 10.6 Å². The first-order valence-corrected chi connectivity index (χ1v) is 4.65. The van der Waals surface area contributed by atoms with E-state index in [1.807, 2.05) is 25.1 Å². The van der Waals surface area contributed by atoms with Crippen LogP contribution in [0, 0.1) is 6.92 Å². The van der Waals surface area contributed by atoms with Gasteiger partial charge in [0.15, 0.2) is 0 Å². The number of aliphatic hydroxyl groups is 1. The fourth-order valence-electron chi connectivity index (χ4n) is 1.11. The Labute approximate surface area is 88.5 Å². The summed E-state index contributed by atoms with van der Waals surface area (Å²) in [5.41, 5.74) is 1.68. The van der Waals surface area contributed by atoms with Gasteiger partial charge in [-0.05, 0) is 18.6 Å². The summed E-state index contributed by atoms with van der Waals surface area (Å²) in [4.78, 5) is 11.4. The highest BCUT2D eigenvalue weighted by molar-refractivity contribution is 5.89. The van der Waals surface area contributed by atoms with Crippen molar-refractivity contribution in [2.75, 3.05) is 18.5 Å². The van der Waals surface area contributed by atoms with E-state index in [9.17, 15) is 4.79 Å². The first kappa shape index (κ1) is 11.5. The molecule has 0 heterocycles. The molecule has 0 radical (unpaired) electrons.